The van der Waals surface area contributed by atoms with Gasteiger partial charge in [-0.05, 0) is 42.5 Å². The van der Waals surface area contributed by atoms with Gasteiger partial charge < -0.3 is 9.47 Å². The molecule has 1 aromatic heterocycles. The van der Waals surface area contributed by atoms with E-state index in [1.54, 1.807) is 18.2 Å². The van der Waals surface area contributed by atoms with Gasteiger partial charge >= 0.3 is 0 Å². The number of aromatic nitrogens is 1. The third-order valence-corrected chi connectivity index (χ3v) is 6.70. The van der Waals surface area contributed by atoms with Gasteiger partial charge in [0.1, 0.15) is 5.75 Å². The average Bonchev–Trinajstić information content (AvgIpc) is 2.94. The second-order valence-corrected chi connectivity index (χ2v) is 9.36. The largest absolute Gasteiger partial charge is 0.494 e. The summed E-state index contributed by atoms with van der Waals surface area (Å²) in [5.74, 6) is 1.76. The third kappa shape index (κ3) is 4.81. The summed E-state index contributed by atoms with van der Waals surface area (Å²) in [7, 11) is -1.32. The molecule has 1 aromatic carbocycles. The Kier molecular flexibility index (Phi) is 5.95. The summed E-state index contributed by atoms with van der Waals surface area (Å²) >= 11 is 12.5. The lowest BCUT2D eigenvalue weighted by Gasteiger charge is -2.12. The highest BCUT2D eigenvalue weighted by Gasteiger charge is 2.27. The van der Waals surface area contributed by atoms with Crippen LogP contribution in [0.4, 0.5) is 0 Å². The minimum Gasteiger partial charge on any atom is -0.494 e. The number of hydrogen-bond acceptors (Lipinski definition) is 5. The molecule has 0 radical (unpaired) electrons. The van der Waals surface area contributed by atoms with Crippen molar-refractivity contribution in [2.24, 2.45) is 5.92 Å². The molecule has 0 aliphatic carbocycles. The van der Waals surface area contributed by atoms with E-state index < -0.39 is 9.84 Å². The summed E-state index contributed by atoms with van der Waals surface area (Å²) in [6, 6.07) is 7.10. The molecule has 1 aliphatic rings. The molecule has 1 aliphatic heterocycles. The number of methoxy groups -OCH3 is 1. The van der Waals surface area contributed by atoms with Crippen LogP contribution in [0, 0.1) is 5.92 Å². The lowest BCUT2D eigenvalue weighted by atomic mass is 10.1. The summed E-state index contributed by atoms with van der Waals surface area (Å²) in [6.45, 7) is 0.438. The summed E-state index contributed by atoms with van der Waals surface area (Å²) in [5, 5.41) is 1.00. The summed E-state index contributed by atoms with van der Waals surface area (Å²) in [6.07, 6.45) is 2.93. The molecule has 2 aromatic rings. The lowest BCUT2D eigenvalue weighted by molar-refractivity contribution is 0.285. The van der Waals surface area contributed by atoms with E-state index >= 15 is 0 Å². The topological polar surface area (TPSA) is 65.5 Å². The van der Waals surface area contributed by atoms with E-state index in [-0.39, 0.29) is 17.4 Å². The highest BCUT2D eigenvalue weighted by atomic mass is 35.5. The van der Waals surface area contributed by atoms with Crippen LogP contribution in [0.2, 0.25) is 10.0 Å². The van der Waals surface area contributed by atoms with Crippen LogP contribution in [0.5, 0.6) is 11.6 Å². The van der Waals surface area contributed by atoms with Crippen molar-refractivity contribution in [1.29, 1.82) is 0 Å². The number of pyridine rings is 1. The molecule has 26 heavy (non-hydrogen) atoms. The van der Waals surface area contributed by atoms with Gasteiger partial charge in [-0.25, -0.2) is 13.4 Å². The van der Waals surface area contributed by atoms with Gasteiger partial charge in [0.05, 0.1) is 36.4 Å². The van der Waals surface area contributed by atoms with Crippen molar-refractivity contribution in [3.8, 4) is 22.8 Å². The van der Waals surface area contributed by atoms with Gasteiger partial charge in [-0.15, -0.1) is 0 Å². The Bertz CT molecular complexity index is 902. The number of sulfone groups is 1. The van der Waals surface area contributed by atoms with E-state index in [4.69, 9.17) is 32.7 Å². The molecule has 0 spiro atoms. The predicted octanol–water partition coefficient (Wildman–Crippen LogP) is 4.27. The summed E-state index contributed by atoms with van der Waals surface area (Å²) in [5.41, 5.74) is 1.54. The standard InChI is InChI=1S/C18H19Cl2NO4S/c1-24-18-9-16(17(20)10-21-18)13-6-14(19)8-15(7-13)25-4-2-12-3-5-26(22,23)11-12/h6-10,12H,2-5,11H2,1H3. The second kappa shape index (κ2) is 8.03. The first-order valence-electron chi connectivity index (χ1n) is 8.20. The van der Waals surface area contributed by atoms with Crippen LogP contribution in [0.1, 0.15) is 12.8 Å². The fraction of sp³-hybridized carbons (Fsp3) is 0.389. The fourth-order valence-electron chi connectivity index (χ4n) is 3.00. The molecule has 0 amide bonds. The normalized spacial score (nSPS) is 18.7. The average molecular weight is 416 g/mol. The first-order valence-corrected chi connectivity index (χ1v) is 10.8. The first kappa shape index (κ1) is 19.3. The van der Waals surface area contributed by atoms with Gasteiger partial charge in [0, 0.05) is 16.7 Å². The van der Waals surface area contributed by atoms with E-state index in [9.17, 15) is 8.42 Å². The molecule has 140 valence electrons. The molecule has 1 unspecified atom stereocenters. The highest BCUT2D eigenvalue weighted by molar-refractivity contribution is 7.91. The highest BCUT2D eigenvalue weighted by Crippen LogP contribution is 2.34. The van der Waals surface area contributed by atoms with Gasteiger partial charge in [0.15, 0.2) is 9.84 Å². The molecule has 0 N–H and O–H groups in total. The quantitative estimate of drug-likeness (QED) is 0.704. The number of halogens is 2. The monoisotopic (exact) mass is 415 g/mol. The van der Waals surface area contributed by atoms with Crippen LogP contribution in [-0.2, 0) is 9.84 Å². The smallest absolute Gasteiger partial charge is 0.213 e. The fourth-order valence-corrected chi connectivity index (χ4v) is 5.35. The predicted molar refractivity (Wildman–Crippen MR) is 103 cm³/mol. The van der Waals surface area contributed by atoms with Crippen molar-refractivity contribution in [2.75, 3.05) is 25.2 Å². The molecule has 8 heteroatoms. The molecule has 1 fully saturated rings. The maximum Gasteiger partial charge on any atom is 0.213 e. The van der Waals surface area contributed by atoms with Gasteiger partial charge in [0.25, 0.3) is 0 Å². The Morgan fingerprint density at radius 2 is 2.04 bits per heavy atom. The van der Waals surface area contributed by atoms with E-state index in [2.05, 4.69) is 4.98 Å². The van der Waals surface area contributed by atoms with Crippen LogP contribution < -0.4 is 9.47 Å². The van der Waals surface area contributed by atoms with Gasteiger partial charge in [-0.3, -0.25) is 0 Å². The maximum atomic E-state index is 11.5. The maximum absolute atomic E-state index is 11.5. The first-order chi connectivity index (χ1) is 12.4. The van der Waals surface area contributed by atoms with Crippen LogP contribution in [0.15, 0.2) is 30.5 Å². The van der Waals surface area contributed by atoms with E-state index in [1.165, 1.54) is 13.3 Å². The van der Waals surface area contributed by atoms with Gasteiger partial charge in [-0.2, -0.15) is 0 Å². The molecule has 0 bridgehead atoms. The summed E-state index contributed by atoms with van der Waals surface area (Å²) in [4.78, 5) is 4.07. The lowest BCUT2D eigenvalue weighted by Crippen LogP contribution is -2.09. The Hall–Kier alpha value is -1.50. The minimum absolute atomic E-state index is 0.164. The molecular weight excluding hydrogens is 397 g/mol. The van der Waals surface area contributed by atoms with Crippen molar-refractivity contribution < 1.29 is 17.9 Å². The van der Waals surface area contributed by atoms with Gasteiger partial charge in [-0.1, -0.05) is 23.2 Å². The number of ether oxygens (including phenoxy) is 2. The Balaban J connectivity index is 1.72. The Morgan fingerprint density at radius 1 is 1.23 bits per heavy atom. The second-order valence-electron chi connectivity index (χ2n) is 6.29. The number of benzene rings is 1. The van der Waals surface area contributed by atoms with Crippen LogP contribution in [0.3, 0.4) is 0 Å². The van der Waals surface area contributed by atoms with E-state index in [0.29, 0.717) is 41.1 Å². The van der Waals surface area contributed by atoms with E-state index in [1.807, 2.05) is 6.07 Å². The molecule has 0 saturated carbocycles. The van der Waals surface area contributed by atoms with Crippen molar-refractivity contribution in [3.05, 3.63) is 40.5 Å². The Labute approximate surface area is 163 Å². The molecule has 1 saturated heterocycles. The van der Waals surface area contributed by atoms with Crippen LogP contribution in [-0.4, -0.2) is 38.6 Å². The zero-order chi connectivity index (χ0) is 18.7. The van der Waals surface area contributed by atoms with Crippen molar-refractivity contribution in [1.82, 2.24) is 4.98 Å². The third-order valence-electron chi connectivity index (χ3n) is 4.34. The number of hydrogen-bond donors (Lipinski definition) is 0. The van der Waals surface area contributed by atoms with Crippen LogP contribution >= 0.6 is 23.2 Å². The SMILES string of the molecule is COc1cc(-c2cc(Cl)cc(OCCC3CCS(=O)(=O)C3)c2)c(Cl)cn1. The molecule has 5 nitrogen and oxygen atoms in total. The zero-order valence-corrected chi connectivity index (χ0v) is 16.6. The van der Waals surface area contributed by atoms with Crippen LogP contribution in [0.25, 0.3) is 11.1 Å². The Morgan fingerprint density at radius 3 is 2.73 bits per heavy atom. The number of nitrogens with zero attached hydrogens (tertiary/aromatic N) is 1. The zero-order valence-electron chi connectivity index (χ0n) is 14.2. The van der Waals surface area contributed by atoms with Crippen molar-refractivity contribution in [2.45, 2.75) is 12.8 Å². The molecule has 3 rings (SSSR count). The van der Waals surface area contributed by atoms with Crippen molar-refractivity contribution >= 4 is 33.0 Å². The van der Waals surface area contributed by atoms with Crippen molar-refractivity contribution in [3.63, 3.8) is 0 Å². The minimum atomic E-state index is -2.86. The number of rotatable bonds is 6. The molecular formula is C18H19Cl2NO4S. The summed E-state index contributed by atoms with van der Waals surface area (Å²) < 4.78 is 34.0. The molecule has 1 atom stereocenters. The van der Waals surface area contributed by atoms with E-state index in [0.717, 1.165) is 11.1 Å². The van der Waals surface area contributed by atoms with Gasteiger partial charge in [0.2, 0.25) is 5.88 Å². The molecule has 2 heterocycles.